The minimum Gasteiger partial charge on any atom is -0.480 e. The van der Waals surface area contributed by atoms with Crippen molar-refractivity contribution in [2.24, 2.45) is 5.92 Å². The maximum absolute atomic E-state index is 12.4. The fourth-order valence-corrected chi connectivity index (χ4v) is 2.95. The zero-order valence-electron chi connectivity index (χ0n) is 12.3. The quantitative estimate of drug-likeness (QED) is 0.811. The number of likely N-dealkylation sites (tertiary alicyclic amines) is 1. The van der Waals surface area contributed by atoms with E-state index in [1.54, 1.807) is 31.2 Å². The van der Waals surface area contributed by atoms with Crippen molar-refractivity contribution in [1.29, 1.82) is 0 Å². The molecule has 1 aliphatic rings. The molecule has 1 unspecified atom stereocenters. The average Bonchev–Trinajstić information content (AvgIpc) is 2.96. The van der Waals surface area contributed by atoms with Gasteiger partial charge in [0.1, 0.15) is 6.04 Å². The molecule has 0 aromatic heterocycles. The second-order valence-electron chi connectivity index (χ2n) is 5.56. The molecule has 1 amide bonds. The lowest BCUT2D eigenvalue weighted by atomic mass is 9.98. The molecule has 1 aromatic rings. The van der Waals surface area contributed by atoms with Crippen molar-refractivity contribution in [2.45, 2.75) is 32.2 Å². The molecule has 1 N–H and O–H groups in total. The Balaban J connectivity index is 2.00. The van der Waals surface area contributed by atoms with E-state index in [-0.39, 0.29) is 18.1 Å². The van der Waals surface area contributed by atoms with E-state index >= 15 is 0 Å². The highest BCUT2D eigenvalue weighted by atomic mass is 79.9. The molecule has 1 aromatic carbocycles. The minimum atomic E-state index is -0.975. The molecule has 0 bridgehead atoms. The van der Waals surface area contributed by atoms with Crippen LogP contribution in [0.25, 0.3) is 0 Å². The SMILES string of the molecule is CC(CC(=O)c1ccc(Br)cc1)C(=O)N1CCC[C@@H]1C(=O)O. The van der Waals surface area contributed by atoms with Crippen molar-refractivity contribution < 1.29 is 19.5 Å². The third-order valence-corrected chi connectivity index (χ3v) is 4.43. The fraction of sp³-hybridized carbons (Fsp3) is 0.438. The molecular weight excluding hydrogens is 350 g/mol. The summed E-state index contributed by atoms with van der Waals surface area (Å²) in [4.78, 5) is 37.1. The zero-order valence-corrected chi connectivity index (χ0v) is 13.9. The summed E-state index contributed by atoms with van der Waals surface area (Å²) in [7, 11) is 0. The monoisotopic (exact) mass is 367 g/mol. The predicted octanol–water partition coefficient (Wildman–Crippen LogP) is 2.73. The van der Waals surface area contributed by atoms with Crippen LogP contribution in [0.3, 0.4) is 0 Å². The van der Waals surface area contributed by atoms with Gasteiger partial charge >= 0.3 is 5.97 Å². The predicted molar refractivity (Wildman–Crippen MR) is 84.6 cm³/mol. The third kappa shape index (κ3) is 3.74. The van der Waals surface area contributed by atoms with Gasteiger partial charge in [-0.25, -0.2) is 4.79 Å². The number of carboxylic acid groups (broad SMARTS) is 1. The Labute approximate surface area is 137 Å². The van der Waals surface area contributed by atoms with Crippen LogP contribution in [0.4, 0.5) is 0 Å². The van der Waals surface area contributed by atoms with E-state index in [1.165, 1.54) is 4.90 Å². The summed E-state index contributed by atoms with van der Waals surface area (Å²) >= 11 is 3.31. The molecule has 1 saturated heterocycles. The number of benzene rings is 1. The Morgan fingerprint density at radius 3 is 2.55 bits per heavy atom. The maximum atomic E-state index is 12.4. The number of hydrogen-bond donors (Lipinski definition) is 1. The molecule has 6 heteroatoms. The molecule has 1 fully saturated rings. The van der Waals surface area contributed by atoms with Gasteiger partial charge in [0.15, 0.2) is 5.78 Å². The van der Waals surface area contributed by atoms with Crippen LogP contribution in [0.1, 0.15) is 36.5 Å². The smallest absolute Gasteiger partial charge is 0.326 e. The number of carbonyl (C=O) groups excluding carboxylic acids is 2. The second-order valence-corrected chi connectivity index (χ2v) is 6.48. The number of carbonyl (C=O) groups is 3. The highest BCUT2D eigenvalue weighted by Gasteiger charge is 2.36. The van der Waals surface area contributed by atoms with Crippen molar-refractivity contribution >= 4 is 33.6 Å². The summed E-state index contributed by atoms with van der Waals surface area (Å²) in [6.45, 7) is 2.13. The highest BCUT2D eigenvalue weighted by Crippen LogP contribution is 2.22. The Kier molecular flexibility index (Phi) is 5.34. The van der Waals surface area contributed by atoms with Crippen LogP contribution in [0, 0.1) is 5.92 Å². The zero-order chi connectivity index (χ0) is 16.3. The van der Waals surface area contributed by atoms with Gasteiger partial charge in [-0.05, 0) is 25.0 Å². The van der Waals surface area contributed by atoms with Gasteiger partial charge in [0, 0.05) is 28.9 Å². The van der Waals surface area contributed by atoms with Gasteiger partial charge in [0.25, 0.3) is 0 Å². The Morgan fingerprint density at radius 2 is 1.95 bits per heavy atom. The standard InChI is InChI=1S/C16H18BrNO4/c1-10(9-14(19)11-4-6-12(17)7-5-11)15(20)18-8-2-3-13(18)16(21)22/h4-7,10,13H,2-3,8-9H2,1H3,(H,21,22)/t10?,13-/m1/s1. The van der Waals surface area contributed by atoms with E-state index in [2.05, 4.69) is 15.9 Å². The normalized spacial score (nSPS) is 19.0. The molecule has 2 atom stereocenters. The molecule has 0 radical (unpaired) electrons. The topological polar surface area (TPSA) is 74.7 Å². The van der Waals surface area contributed by atoms with Crippen LogP contribution in [0.5, 0.6) is 0 Å². The van der Waals surface area contributed by atoms with Crippen molar-refractivity contribution in [1.82, 2.24) is 4.90 Å². The summed E-state index contributed by atoms with van der Waals surface area (Å²) in [6, 6.07) is 6.22. The number of nitrogens with zero attached hydrogens (tertiary/aromatic N) is 1. The molecule has 118 valence electrons. The van der Waals surface area contributed by atoms with Gasteiger partial charge in [-0.3, -0.25) is 9.59 Å². The van der Waals surface area contributed by atoms with Crippen LogP contribution in [0.15, 0.2) is 28.7 Å². The summed E-state index contributed by atoms with van der Waals surface area (Å²) in [5, 5.41) is 9.13. The first-order chi connectivity index (χ1) is 10.4. The van der Waals surface area contributed by atoms with Gasteiger partial charge < -0.3 is 10.0 Å². The number of ketones is 1. The van der Waals surface area contributed by atoms with Gasteiger partial charge in [0.2, 0.25) is 5.91 Å². The Bertz CT molecular complexity index is 584. The van der Waals surface area contributed by atoms with E-state index < -0.39 is 17.9 Å². The molecule has 22 heavy (non-hydrogen) atoms. The molecule has 0 aliphatic carbocycles. The van der Waals surface area contributed by atoms with Gasteiger partial charge in [-0.2, -0.15) is 0 Å². The fourth-order valence-electron chi connectivity index (χ4n) is 2.69. The number of halogens is 1. The van der Waals surface area contributed by atoms with Gasteiger partial charge in [-0.15, -0.1) is 0 Å². The van der Waals surface area contributed by atoms with Crippen molar-refractivity contribution in [3.63, 3.8) is 0 Å². The number of amides is 1. The van der Waals surface area contributed by atoms with Crippen LogP contribution in [-0.4, -0.2) is 40.3 Å². The number of rotatable bonds is 5. The first-order valence-corrected chi connectivity index (χ1v) is 8.01. The highest BCUT2D eigenvalue weighted by molar-refractivity contribution is 9.10. The van der Waals surface area contributed by atoms with Crippen molar-refractivity contribution in [3.8, 4) is 0 Å². The average molecular weight is 368 g/mol. The minimum absolute atomic E-state index is 0.0866. The van der Waals surface area contributed by atoms with E-state index in [4.69, 9.17) is 5.11 Å². The third-order valence-electron chi connectivity index (χ3n) is 3.90. The molecule has 1 aliphatic heterocycles. The van der Waals surface area contributed by atoms with E-state index in [0.717, 1.165) is 4.47 Å². The summed E-state index contributed by atoms with van der Waals surface area (Å²) in [5.74, 6) is -1.86. The first kappa shape index (κ1) is 16.7. The Morgan fingerprint density at radius 1 is 1.32 bits per heavy atom. The number of aliphatic carboxylic acids is 1. The van der Waals surface area contributed by atoms with Gasteiger partial charge in [0.05, 0.1) is 0 Å². The first-order valence-electron chi connectivity index (χ1n) is 7.22. The lowest BCUT2D eigenvalue weighted by Gasteiger charge is -2.24. The van der Waals surface area contributed by atoms with Crippen molar-refractivity contribution in [2.75, 3.05) is 6.54 Å². The van der Waals surface area contributed by atoms with Gasteiger partial charge in [-0.1, -0.05) is 35.0 Å². The van der Waals surface area contributed by atoms with Crippen LogP contribution >= 0.6 is 15.9 Å². The molecule has 5 nitrogen and oxygen atoms in total. The van der Waals surface area contributed by atoms with Crippen LogP contribution in [-0.2, 0) is 9.59 Å². The summed E-state index contributed by atoms with van der Waals surface area (Å²) in [5.41, 5.74) is 0.555. The largest absolute Gasteiger partial charge is 0.480 e. The molecule has 1 heterocycles. The summed E-state index contributed by atoms with van der Waals surface area (Å²) in [6.07, 6.45) is 1.26. The van der Waals surface area contributed by atoms with Crippen LogP contribution < -0.4 is 0 Å². The maximum Gasteiger partial charge on any atom is 0.326 e. The molecule has 0 saturated carbocycles. The number of Topliss-reactive ketones (excluding diaryl/α,β-unsaturated/α-hetero) is 1. The van der Waals surface area contributed by atoms with Crippen molar-refractivity contribution in [3.05, 3.63) is 34.3 Å². The lowest BCUT2D eigenvalue weighted by molar-refractivity contribution is -0.149. The second kappa shape index (κ2) is 7.05. The van der Waals surface area contributed by atoms with Crippen LogP contribution in [0.2, 0.25) is 0 Å². The van der Waals surface area contributed by atoms with E-state index in [1.807, 2.05) is 0 Å². The number of carboxylic acids is 1. The van der Waals surface area contributed by atoms with E-state index in [9.17, 15) is 14.4 Å². The van der Waals surface area contributed by atoms with E-state index in [0.29, 0.717) is 24.9 Å². The molecule has 2 rings (SSSR count). The summed E-state index contributed by atoms with van der Waals surface area (Å²) < 4.78 is 0.884. The number of hydrogen-bond acceptors (Lipinski definition) is 3. The molecule has 0 spiro atoms. The lowest BCUT2D eigenvalue weighted by Crippen LogP contribution is -2.43. The Hall–Kier alpha value is -1.69. The molecular formula is C16H18BrNO4.